The van der Waals surface area contributed by atoms with Crippen LogP contribution in [0.1, 0.15) is 29.0 Å². The third-order valence-corrected chi connectivity index (χ3v) is 5.89. The Balaban J connectivity index is 1.31. The SMILES string of the molecule is C=CC(=O)N1CCC[C@@H](Nc2n[nH]c3nccc(Oc4ccc(C(=O)Nc5cc(C)on5)cc4)c23)C1. The molecule has 11 nitrogen and oxygen atoms in total. The van der Waals surface area contributed by atoms with Gasteiger partial charge in [-0.25, -0.2) is 4.98 Å². The molecule has 0 saturated carbocycles. The van der Waals surface area contributed by atoms with Gasteiger partial charge in [0, 0.05) is 43.0 Å². The highest BCUT2D eigenvalue weighted by atomic mass is 16.5. The average molecular weight is 488 g/mol. The second kappa shape index (κ2) is 9.90. The number of rotatable bonds is 7. The van der Waals surface area contributed by atoms with Crippen LogP contribution in [-0.2, 0) is 4.79 Å². The Morgan fingerprint density at radius 2 is 2.11 bits per heavy atom. The first kappa shape index (κ1) is 23.1. The van der Waals surface area contributed by atoms with E-state index in [0.717, 1.165) is 12.8 Å². The standard InChI is InChI=1S/C25H25N7O4/c1-3-21(33)32-12-4-5-17(14-32)27-24-22-19(10-11-26-23(22)29-30-24)35-18-8-6-16(7-9-18)25(34)28-20-13-15(2)36-31-20/h3,6-11,13,17H,1,4-5,12,14H2,2H3,(H,28,31,34)(H2,26,27,29,30)/t17-/m1/s1. The fourth-order valence-electron chi connectivity index (χ4n) is 4.14. The number of aromatic nitrogens is 4. The van der Waals surface area contributed by atoms with E-state index < -0.39 is 0 Å². The maximum atomic E-state index is 12.5. The first-order chi connectivity index (χ1) is 17.5. The maximum absolute atomic E-state index is 12.5. The summed E-state index contributed by atoms with van der Waals surface area (Å²) in [6, 6.07) is 10.2. The number of carbonyl (C=O) groups is 2. The van der Waals surface area contributed by atoms with Crippen LogP contribution in [0.3, 0.4) is 0 Å². The third-order valence-electron chi connectivity index (χ3n) is 5.89. The predicted octanol–water partition coefficient (Wildman–Crippen LogP) is 3.89. The molecule has 184 valence electrons. The molecule has 4 heterocycles. The van der Waals surface area contributed by atoms with Crippen molar-refractivity contribution >= 4 is 34.5 Å². The minimum Gasteiger partial charge on any atom is -0.456 e. The van der Waals surface area contributed by atoms with Crippen LogP contribution in [0, 0.1) is 6.92 Å². The van der Waals surface area contributed by atoms with E-state index in [4.69, 9.17) is 9.26 Å². The molecule has 1 aromatic carbocycles. The number of hydrogen-bond donors (Lipinski definition) is 3. The van der Waals surface area contributed by atoms with Crippen molar-refractivity contribution < 1.29 is 18.8 Å². The molecule has 1 atom stereocenters. The molecule has 1 saturated heterocycles. The molecule has 2 amide bonds. The van der Waals surface area contributed by atoms with E-state index in [0.29, 0.717) is 58.6 Å². The highest BCUT2D eigenvalue weighted by Gasteiger charge is 2.24. The zero-order valence-electron chi connectivity index (χ0n) is 19.7. The Labute approximate surface area is 206 Å². The van der Waals surface area contributed by atoms with E-state index in [-0.39, 0.29) is 17.9 Å². The lowest BCUT2D eigenvalue weighted by molar-refractivity contribution is -0.127. The number of aryl methyl sites for hydroxylation is 1. The minimum atomic E-state index is -0.307. The summed E-state index contributed by atoms with van der Waals surface area (Å²) in [6.45, 7) is 6.61. The second-order valence-electron chi connectivity index (χ2n) is 8.48. The number of hydrogen-bond acceptors (Lipinski definition) is 8. The van der Waals surface area contributed by atoms with Gasteiger partial charge < -0.3 is 24.8 Å². The number of H-pyrrole nitrogens is 1. The molecule has 0 radical (unpaired) electrons. The monoisotopic (exact) mass is 487 g/mol. The number of anilines is 2. The van der Waals surface area contributed by atoms with Gasteiger partial charge in [0.2, 0.25) is 5.91 Å². The zero-order chi connectivity index (χ0) is 25.1. The quantitative estimate of drug-likeness (QED) is 0.334. The number of fused-ring (bicyclic) bond motifs is 1. The van der Waals surface area contributed by atoms with Crippen LogP contribution in [0.2, 0.25) is 0 Å². The van der Waals surface area contributed by atoms with Crippen molar-refractivity contribution in [3.8, 4) is 11.5 Å². The Morgan fingerprint density at radius 1 is 1.28 bits per heavy atom. The summed E-state index contributed by atoms with van der Waals surface area (Å²) in [6.07, 6.45) is 4.76. The lowest BCUT2D eigenvalue weighted by Gasteiger charge is -2.32. The summed E-state index contributed by atoms with van der Waals surface area (Å²) in [7, 11) is 0. The fourth-order valence-corrected chi connectivity index (χ4v) is 4.14. The Bertz CT molecular complexity index is 1410. The van der Waals surface area contributed by atoms with Crippen molar-refractivity contribution in [1.82, 2.24) is 25.2 Å². The predicted molar refractivity (Wildman–Crippen MR) is 133 cm³/mol. The Morgan fingerprint density at radius 3 is 2.86 bits per heavy atom. The number of benzene rings is 1. The Kier molecular flexibility index (Phi) is 6.35. The average Bonchev–Trinajstić information content (AvgIpc) is 3.50. The molecule has 0 spiro atoms. The lowest BCUT2D eigenvalue weighted by Crippen LogP contribution is -2.44. The molecular formula is C25H25N7O4. The first-order valence-electron chi connectivity index (χ1n) is 11.5. The molecule has 0 unspecified atom stereocenters. The molecule has 0 bridgehead atoms. The van der Waals surface area contributed by atoms with Gasteiger partial charge in [0.05, 0.1) is 0 Å². The summed E-state index contributed by atoms with van der Waals surface area (Å²) in [4.78, 5) is 30.6. The van der Waals surface area contributed by atoms with Crippen molar-refractivity contribution in [2.24, 2.45) is 0 Å². The summed E-state index contributed by atoms with van der Waals surface area (Å²) >= 11 is 0. The lowest BCUT2D eigenvalue weighted by atomic mass is 10.1. The van der Waals surface area contributed by atoms with Crippen molar-refractivity contribution in [2.45, 2.75) is 25.8 Å². The molecule has 1 aliphatic rings. The van der Waals surface area contributed by atoms with Crippen molar-refractivity contribution in [3.05, 3.63) is 66.6 Å². The number of aromatic amines is 1. The van der Waals surface area contributed by atoms with E-state index in [2.05, 4.69) is 37.6 Å². The summed E-state index contributed by atoms with van der Waals surface area (Å²) in [5.41, 5.74) is 1.02. The second-order valence-corrected chi connectivity index (χ2v) is 8.48. The van der Waals surface area contributed by atoms with Crippen molar-refractivity contribution in [1.29, 1.82) is 0 Å². The van der Waals surface area contributed by atoms with E-state index in [9.17, 15) is 9.59 Å². The molecule has 1 aliphatic heterocycles. The van der Waals surface area contributed by atoms with Crippen LogP contribution in [-0.4, -0.2) is 56.2 Å². The number of amides is 2. The van der Waals surface area contributed by atoms with Gasteiger partial charge in [-0.1, -0.05) is 11.7 Å². The molecule has 3 aromatic heterocycles. The third kappa shape index (κ3) is 4.90. The number of likely N-dealkylation sites (tertiary alicyclic amines) is 1. The molecule has 5 rings (SSSR count). The van der Waals surface area contributed by atoms with Crippen LogP contribution in [0.4, 0.5) is 11.6 Å². The van der Waals surface area contributed by atoms with Gasteiger partial charge in [0.1, 0.15) is 22.6 Å². The van der Waals surface area contributed by atoms with E-state index in [1.807, 2.05) is 0 Å². The summed E-state index contributed by atoms with van der Waals surface area (Å²) in [5.74, 6) is 2.28. The number of piperidine rings is 1. The molecule has 4 aromatic rings. The Hall–Kier alpha value is -4.67. The maximum Gasteiger partial charge on any atom is 0.256 e. The highest BCUT2D eigenvalue weighted by Crippen LogP contribution is 2.33. The normalized spacial score (nSPS) is 15.5. The van der Waals surface area contributed by atoms with Gasteiger partial charge in [-0.2, -0.15) is 5.10 Å². The van der Waals surface area contributed by atoms with Gasteiger partial charge in [0.25, 0.3) is 5.91 Å². The van der Waals surface area contributed by atoms with Crippen molar-refractivity contribution in [3.63, 3.8) is 0 Å². The number of ether oxygens (including phenoxy) is 1. The van der Waals surface area contributed by atoms with Crippen LogP contribution in [0.15, 0.2) is 59.8 Å². The molecule has 1 fully saturated rings. The molecular weight excluding hydrogens is 462 g/mol. The van der Waals surface area contributed by atoms with Gasteiger partial charge >= 0.3 is 0 Å². The number of pyridine rings is 1. The molecule has 0 aliphatic carbocycles. The zero-order valence-corrected chi connectivity index (χ0v) is 19.7. The first-order valence-corrected chi connectivity index (χ1v) is 11.5. The largest absolute Gasteiger partial charge is 0.456 e. The van der Waals surface area contributed by atoms with Gasteiger partial charge in [-0.3, -0.25) is 14.7 Å². The van der Waals surface area contributed by atoms with E-state index in [1.54, 1.807) is 54.4 Å². The molecule has 3 N–H and O–H groups in total. The molecule has 36 heavy (non-hydrogen) atoms. The van der Waals surface area contributed by atoms with Gasteiger partial charge in [0.15, 0.2) is 17.3 Å². The number of nitrogens with zero attached hydrogens (tertiary/aromatic N) is 4. The molecule has 11 heteroatoms. The van der Waals surface area contributed by atoms with Gasteiger partial charge in [-0.15, -0.1) is 0 Å². The van der Waals surface area contributed by atoms with E-state index >= 15 is 0 Å². The summed E-state index contributed by atoms with van der Waals surface area (Å²) < 4.78 is 11.1. The van der Waals surface area contributed by atoms with Crippen LogP contribution < -0.4 is 15.4 Å². The summed E-state index contributed by atoms with van der Waals surface area (Å²) in [5, 5.41) is 17.9. The minimum absolute atomic E-state index is 0.0357. The van der Waals surface area contributed by atoms with Gasteiger partial charge in [-0.05, 0) is 50.1 Å². The number of nitrogens with one attached hydrogen (secondary N) is 3. The van der Waals surface area contributed by atoms with Crippen molar-refractivity contribution in [2.75, 3.05) is 23.7 Å². The van der Waals surface area contributed by atoms with Crippen LogP contribution in [0.5, 0.6) is 11.5 Å². The fraction of sp³-hybridized carbons (Fsp3) is 0.240. The topological polar surface area (TPSA) is 138 Å². The highest BCUT2D eigenvalue weighted by molar-refractivity contribution is 6.03. The number of carbonyl (C=O) groups excluding carboxylic acids is 2. The van der Waals surface area contributed by atoms with E-state index in [1.165, 1.54) is 6.08 Å². The smallest absolute Gasteiger partial charge is 0.256 e. The van der Waals surface area contributed by atoms with Crippen LogP contribution in [0.25, 0.3) is 11.0 Å². The van der Waals surface area contributed by atoms with Crippen LogP contribution >= 0.6 is 0 Å².